The molecule has 0 fully saturated rings. The largest absolute Gasteiger partial charge is 0.323 e. The monoisotopic (exact) mass is 223 g/mol. The van der Waals surface area contributed by atoms with Gasteiger partial charge in [0.15, 0.2) is 0 Å². The zero-order valence-electron chi connectivity index (χ0n) is 11.0. The maximum atomic E-state index is 6.28. The highest BCUT2D eigenvalue weighted by molar-refractivity contribution is 5.13. The van der Waals surface area contributed by atoms with Gasteiger partial charge < -0.3 is 5.73 Å². The summed E-state index contributed by atoms with van der Waals surface area (Å²) < 4.78 is 2.03. The van der Waals surface area contributed by atoms with E-state index in [1.165, 1.54) is 18.5 Å². The molecular weight excluding hydrogens is 198 g/mol. The van der Waals surface area contributed by atoms with E-state index < -0.39 is 0 Å². The van der Waals surface area contributed by atoms with Crippen molar-refractivity contribution in [2.24, 2.45) is 11.7 Å². The van der Waals surface area contributed by atoms with E-state index in [1.807, 2.05) is 11.6 Å². The Morgan fingerprint density at radius 3 is 2.44 bits per heavy atom. The lowest BCUT2D eigenvalue weighted by Gasteiger charge is -2.18. The van der Waals surface area contributed by atoms with Crippen LogP contribution in [0.4, 0.5) is 0 Å². The van der Waals surface area contributed by atoms with Gasteiger partial charge in [0, 0.05) is 12.6 Å². The molecule has 0 saturated heterocycles. The van der Waals surface area contributed by atoms with Crippen molar-refractivity contribution in [3.63, 3.8) is 0 Å². The third-order valence-electron chi connectivity index (χ3n) is 3.35. The van der Waals surface area contributed by atoms with Crippen molar-refractivity contribution in [3.8, 4) is 0 Å². The topological polar surface area (TPSA) is 43.8 Å². The first-order chi connectivity index (χ1) is 7.62. The predicted octanol–water partition coefficient (Wildman–Crippen LogP) is 3.04. The highest BCUT2D eigenvalue weighted by Crippen LogP contribution is 2.23. The molecule has 0 saturated carbocycles. The summed E-state index contributed by atoms with van der Waals surface area (Å²) >= 11 is 0. The fraction of sp³-hybridized carbons (Fsp3) is 0.769. The number of nitrogens with two attached hydrogens (primary N) is 1. The fourth-order valence-corrected chi connectivity index (χ4v) is 2.22. The van der Waals surface area contributed by atoms with Crippen LogP contribution in [0.5, 0.6) is 0 Å². The third-order valence-corrected chi connectivity index (χ3v) is 3.35. The minimum absolute atomic E-state index is 0.131. The van der Waals surface area contributed by atoms with Crippen LogP contribution >= 0.6 is 0 Å². The van der Waals surface area contributed by atoms with E-state index >= 15 is 0 Å². The smallest absolute Gasteiger partial charge is 0.0597 e. The van der Waals surface area contributed by atoms with E-state index in [2.05, 4.69) is 31.9 Å². The molecule has 0 aliphatic carbocycles. The van der Waals surface area contributed by atoms with Crippen LogP contribution in [0.2, 0.25) is 0 Å². The molecule has 1 heterocycles. The standard InChI is InChI=1S/C13H25N3/c1-5-11(6-2)9-12(14)13-8-10(4)15-16(13)7-3/h8,11-12H,5-7,9,14H2,1-4H3. The summed E-state index contributed by atoms with van der Waals surface area (Å²) in [6.07, 6.45) is 3.49. The van der Waals surface area contributed by atoms with Gasteiger partial charge in [-0.15, -0.1) is 0 Å². The summed E-state index contributed by atoms with van der Waals surface area (Å²) in [5, 5.41) is 4.45. The molecule has 0 aliphatic rings. The predicted molar refractivity (Wildman–Crippen MR) is 68.3 cm³/mol. The second-order valence-corrected chi connectivity index (χ2v) is 4.55. The van der Waals surface area contributed by atoms with Crippen molar-refractivity contribution in [3.05, 3.63) is 17.5 Å². The van der Waals surface area contributed by atoms with Crippen LogP contribution in [-0.4, -0.2) is 9.78 Å². The second kappa shape index (κ2) is 6.04. The average molecular weight is 223 g/mol. The number of aromatic nitrogens is 2. The number of aryl methyl sites for hydroxylation is 2. The molecule has 0 amide bonds. The molecule has 1 unspecified atom stereocenters. The lowest BCUT2D eigenvalue weighted by molar-refractivity contribution is 0.400. The van der Waals surface area contributed by atoms with Gasteiger partial charge in [0.2, 0.25) is 0 Å². The molecule has 0 aromatic carbocycles. The van der Waals surface area contributed by atoms with Crippen molar-refractivity contribution in [1.82, 2.24) is 9.78 Å². The van der Waals surface area contributed by atoms with E-state index in [-0.39, 0.29) is 6.04 Å². The molecule has 1 rings (SSSR count). The Kier molecular flexibility index (Phi) is 5.00. The van der Waals surface area contributed by atoms with Crippen LogP contribution < -0.4 is 5.73 Å². The fourth-order valence-electron chi connectivity index (χ4n) is 2.22. The van der Waals surface area contributed by atoms with Crippen LogP contribution in [-0.2, 0) is 6.54 Å². The highest BCUT2D eigenvalue weighted by atomic mass is 15.3. The minimum atomic E-state index is 0.131. The molecule has 16 heavy (non-hydrogen) atoms. The summed E-state index contributed by atoms with van der Waals surface area (Å²) in [5.41, 5.74) is 8.53. The van der Waals surface area contributed by atoms with Gasteiger partial charge in [0.1, 0.15) is 0 Å². The number of hydrogen-bond acceptors (Lipinski definition) is 2. The molecule has 0 aliphatic heterocycles. The molecule has 1 atom stereocenters. The molecule has 0 spiro atoms. The molecule has 2 N–H and O–H groups in total. The Hall–Kier alpha value is -0.830. The van der Waals surface area contributed by atoms with E-state index in [0.29, 0.717) is 0 Å². The summed E-state index contributed by atoms with van der Waals surface area (Å²) in [7, 11) is 0. The average Bonchev–Trinajstić information content (AvgIpc) is 2.67. The zero-order chi connectivity index (χ0) is 12.1. The van der Waals surface area contributed by atoms with Crippen molar-refractivity contribution in [2.75, 3.05) is 0 Å². The summed E-state index contributed by atoms with van der Waals surface area (Å²) in [5.74, 6) is 0.732. The Bertz CT molecular complexity index is 313. The molecule has 3 heteroatoms. The third kappa shape index (κ3) is 3.08. The van der Waals surface area contributed by atoms with Gasteiger partial charge in [0.05, 0.1) is 11.4 Å². The summed E-state index contributed by atoms with van der Waals surface area (Å²) in [4.78, 5) is 0. The SMILES string of the molecule is CCC(CC)CC(N)c1cc(C)nn1CC. The highest BCUT2D eigenvalue weighted by Gasteiger charge is 2.16. The van der Waals surface area contributed by atoms with Crippen LogP contribution in [0.15, 0.2) is 6.07 Å². The quantitative estimate of drug-likeness (QED) is 0.805. The van der Waals surface area contributed by atoms with Gasteiger partial charge in [0.25, 0.3) is 0 Å². The van der Waals surface area contributed by atoms with Gasteiger partial charge in [-0.05, 0) is 32.3 Å². The minimum Gasteiger partial charge on any atom is -0.323 e. The second-order valence-electron chi connectivity index (χ2n) is 4.55. The van der Waals surface area contributed by atoms with Crippen LogP contribution in [0.1, 0.15) is 57.5 Å². The normalized spacial score (nSPS) is 13.4. The maximum Gasteiger partial charge on any atom is 0.0597 e. The summed E-state index contributed by atoms with van der Waals surface area (Å²) in [6, 6.07) is 2.25. The maximum absolute atomic E-state index is 6.28. The van der Waals surface area contributed by atoms with Crippen molar-refractivity contribution in [2.45, 2.75) is 59.5 Å². The lowest BCUT2D eigenvalue weighted by atomic mass is 9.93. The van der Waals surface area contributed by atoms with E-state index in [9.17, 15) is 0 Å². The van der Waals surface area contributed by atoms with Gasteiger partial charge in [-0.3, -0.25) is 4.68 Å². The van der Waals surface area contributed by atoms with E-state index in [4.69, 9.17) is 5.73 Å². The molecule has 3 nitrogen and oxygen atoms in total. The van der Waals surface area contributed by atoms with Crippen molar-refractivity contribution in [1.29, 1.82) is 0 Å². The molecule has 1 aromatic heterocycles. The number of rotatable bonds is 6. The summed E-state index contributed by atoms with van der Waals surface area (Å²) in [6.45, 7) is 9.52. The van der Waals surface area contributed by atoms with Gasteiger partial charge in [-0.1, -0.05) is 26.7 Å². The van der Waals surface area contributed by atoms with E-state index in [0.717, 1.165) is 24.6 Å². The number of nitrogens with zero attached hydrogens (tertiary/aromatic N) is 2. The first kappa shape index (κ1) is 13.2. The first-order valence-electron chi connectivity index (χ1n) is 6.42. The van der Waals surface area contributed by atoms with Crippen LogP contribution in [0.25, 0.3) is 0 Å². The zero-order valence-corrected chi connectivity index (χ0v) is 11.0. The Morgan fingerprint density at radius 1 is 1.31 bits per heavy atom. The lowest BCUT2D eigenvalue weighted by Crippen LogP contribution is -2.19. The van der Waals surface area contributed by atoms with Crippen LogP contribution in [0, 0.1) is 12.8 Å². The van der Waals surface area contributed by atoms with Crippen LogP contribution in [0.3, 0.4) is 0 Å². The van der Waals surface area contributed by atoms with E-state index in [1.54, 1.807) is 0 Å². The molecule has 0 bridgehead atoms. The van der Waals surface area contributed by atoms with Gasteiger partial charge in [-0.2, -0.15) is 5.10 Å². The Labute approximate surface area is 99.0 Å². The molecular formula is C13H25N3. The molecule has 1 aromatic rings. The van der Waals surface area contributed by atoms with Gasteiger partial charge >= 0.3 is 0 Å². The Morgan fingerprint density at radius 2 is 1.94 bits per heavy atom. The molecule has 0 radical (unpaired) electrons. The van der Waals surface area contributed by atoms with Gasteiger partial charge in [-0.25, -0.2) is 0 Å². The van der Waals surface area contributed by atoms with Crippen molar-refractivity contribution < 1.29 is 0 Å². The number of hydrogen-bond donors (Lipinski definition) is 1. The molecule has 92 valence electrons. The Balaban J connectivity index is 2.74. The van der Waals surface area contributed by atoms with Crippen molar-refractivity contribution >= 4 is 0 Å². The first-order valence-corrected chi connectivity index (χ1v) is 6.42.